The summed E-state index contributed by atoms with van der Waals surface area (Å²) in [5.41, 5.74) is 6.63. The molecule has 1 aliphatic rings. The van der Waals surface area contributed by atoms with E-state index in [9.17, 15) is 0 Å². The van der Waals surface area contributed by atoms with Gasteiger partial charge in [0.25, 0.3) is 0 Å². The van der Waals surface area contributed by atoms with Gasteiger partial charge >= 0.3 is 7.12 Å². The first kappa shape index (κ1) is 14.3. The SMILES string of the molecule is CC1(C)OB([C@@H](N)c2cccc(I)c2)OC1(C)C. The summed E-state index contributed by atoms with van der Waals surface area (Å²) >= 11 is 2.28. The largest absolute Gasteiger partial charge is 0.480 e. The molecule has 1 aromatic carbocycles. The summed E-state index contributed by atoms with van der Waals surface area (Å²) in [6.45, 7) is 8.14. The summed E-state index contributed by atoms with van der Waals surface area (Å²) in [6.07, 6.45) is 0. The zero-order valence-electron chi connectivity index (χ0n) is 11.2. The minimum atomic E-state index is -0.395. The monoisotopic (exact) mass is 359 g/mol. The van der Waals surface area contributed by atoms with Crippen LogP contribution in [-0.4, -0.2) is 18.3 Å². The van der Waals surface area contributed by atoms with Gasteiger partial charge in [0.15, 0.2) is 0 Å². The molecule has 1 fully saturated rings. The van der Waals surface area contributed by atoms with E-state index in [0.717, 1.165) is 9.13 Å². The molecule has 18 heavy (non-hydrogen) atoms. The van der Waals surface area contributed by atoms with Crippen LogP contribution in [0.4, 0.5) is 0 Å². The highest BCUT2D eigenvalue weighted by atomic mass is 127. The van der Waals surface area contributed by atoms with Crippen LogP contribution in [0.25, 0.3) is 0 Å². The molecule has 1 aromatic rings. The van der Waals surface area contributed by atoms with E-state index in [1.165, 1.54) is 0 Å². The van der Waals surface area contributed by atoms with Crippen molar-refractivity contribution in [1.29, 1.82) is 0 Å². The molecule has 1 saturated heterocycles. The van der Waals surface area contributed by atoms with E-state index >= 15 is 0 Å². The minimum Gasteiger partial charge on any atom is -0.402 e. The molecule has 3 nitrogen and oxygen atoms in total. The zero-order chi connectivity index (χ0) is 13.6. The topological polar surface area (TPSA) is 44.5 Å². The number of benzene rings is 1. The summed E-state index contributed by atoms with van der Waals surface area (Å²) in [5, 5.41) is 0. The fourth-order valence-electron chi connectivity index (χ4n) is 1.91. The molecule has 0 saturated carbocycles. The Hall–Kier alpha value is -0.105. The van der Waals surface area contributed by atoms with Crippen LogP contribution in [0.3, 0.4) is 0 Å². The smallest absolute Gasteiger partial charge is 0.402 e. The first-order valence-electron chi connectivity index (χ1n) is 6.10. The van der Waals surface area contributed by atoms with Gasteiger partial charge in [-0.25, -0.2) is 0 Å². The van der Waals surface area contributed by atoms with Crippen LogP contribution in [0.5, 0.6) is 0 Å². The molecule has 0 aromatic heterocycles. The number of hydrogen-bond donors (Lipinski definition) is 1. The van der Waals surface area contributed by atoms with Crippen molar-refractivity contribution < 1.29 is 9.31 Å². The van der Waals surface area contributed by atoms with Crippen LogP contribution >= 0.6 is 22.6 Å². The van der Waals surface area contributed by atoms with Gasteiger partial charge in [-0.05, 0) is 68.0 Å². The summed E-state index contributed by atoms with van der Waals surface area (Å²) in [7, 11) is -0.395. The predicted octanol–water partition coefficient (Wildman–Crippen LogP) is 2.92. The highest BCUT2D eigenvalue weighted by molar-refractivity contribution is 14.1. The van der Waals surface area contributed by atoms with Crippen molar-refractivity contribution in [3.63, 3.8) is 0 Å². The predicted molar refractivity (Wildman–Crippen MR) is 82.2 cm³/mol. The Kier molecular flexibility index (Phi) is 3.80. The lowest BCUT2D eigenvalue weighted by atomic mass is 9.75. The van der Waals surface area contributed by atoms with Crippen molar-refractivity contribution in [3.05, 3.63) is 33.4 Å². The Morgan fingerprint density at radius 1 is 1.17 bits per heavy atom. The first-order chi connectivity index (χ1) is 8.23. The Balaban J connectivity index is 2.20. The Labute approximate surface area is 123 Å². The lowest BCUT2D eigenvalue weighted by Gasteiger charge is -2.32. The van der Waals surface area contributed by atoms with Crippen molar-refractivity contribution in [2.75, 3.05) is 0 Å². The summed E-state index contributed by atoms with van der Waals surface area (Å²) < 4.78 is 13.1. The van der Waals surface area contributed by atoms with Gasteiger partial charge in [-0.3, -0.25) is 0 Å². The van der Waals surface area contributed by atoms with Gasteiger partial charge in [-0.15, -0.1) is 0 Å². The minimum absolute atomic E-state index is 0.263. The third-order valence-corrected chi connectivity index (χ3v) is 4.47. The van der Waals surface area contributed by atoms with Crippen LogP contribution in [0.15, 0.2) is 24.3 Å². The fourth-order valence-corrected chi connectivity index (χ4v) is 2.47. The molecule has 0 unspecified atom stereocenters. The standard InChI is InChI=1S/C13H19BINO2/c1-12(2)13(3,4)18-14(17-12)11(16)9-6-5-7-10(15)8-9/h5-8,11H,16H2,1-4H3/t11-/m0/s1. The average Bonchev–Trinajstić information content (AvgIpc) is 2.47. The third kappa shape index (κ3) is 2.59. The van der Waals surface area contributed by atoms with Crippen molar-refractivity contribution in [2.45, 2.75) is 44.8 Å². The maximum absolute atomic E-state index is 6.26. The number of hydrogen-bond acceptors (Lipinski definition) is 3. The van der Waals surface area contributed by atoms with E-state index < -0.39 is 7.12 Å². The lowest BCUT2D eigenvalue weighted by molar-refractivity contribution is 0.00578. The molecule has 0 amide bonds. The van der Waals surface area contributed by atoms with Gasteiger partial charge in [-0.1, -0.05) is 12.1 Å². The van der Waals surface area contributed by atoms with Gasteiger partial charge < -0.3 is 15.0 Å². The Morgan fingerprint density at radius 2 is 1.72 bits per heavy atom. The Morgan fingerprint density at radius 3 is 2.22 bits per heavy atom. The van der Waals surface area contributed by atoms with E-state index in [0.29, 0.717) is 0 Å². The van der Waals surface area contributed by atoms with E-state index in [1.54, 1.807) is 0 Å². The number of nitrogens with two attached hydrogens (primary N) is 1. The molecular weight excluding hydrogens is 340 g/mol. The van der Waals surface area contributed by atoms with Gasteiger partial charge in [0.1, 0.15) is 0 Å². The fraction of sp³-hybridized carbons (Fsp3) is 0.538. The van der Waals surface area contributed by atoms with E-state index in [1.807, 2.05) is 45.9 Å². The molecular formula is C13H19BINO2. The molecule has 2 N–H and O–H groups in total. The molecule has 0 aliphatic carbocycles. The zero-order valence-corrected chi connectivity index (χ0v) is 13.4. The van der Waals surface area contributed by atoms with Gasteiger partial charge in [0, 0.05) is 3.57 Å². The van der Waals surface area contributed by atoms with Gasteiger partial charge in [-0.2, -0.15) is 0 Å². The second-order valence-electron chi connectivity index (χ2n) is 5.71. The molecule has 1 heterocycles. The molecule has 1 aliphatic heterocycles. The molecule has 5 heteroatoms. The Bertz CT molecular complexity index is 434. The average molecular weight is 359 g/mol. The lowest BCUT2D eigenvalue weighted by Crippen LogP contribution is -2.41. The van der Waals surface area contributed by atoms with Crippen LogP contribution in [-0.2, 0) is 9.31 Å². The van der Waals surface area contributed by atoms with Crippen LogP contribution in [0, 0.1) is 3.57 Å². The molecule has 0 bridgehead atoms. The number of rotatable bonds is 2. The van der Waals surface area contributed by atoms with Crippen LogP contribution in [0.1, 0.15) is 39.2 Å². The summed E-state index contributed by atoms with van der Waals surface area (Å²) in [6, 6.07) is 8.12. The van der Waals surface area contributed by atoms with Crippen molar-refractivity contribution >= 4 is 29.7 Å². The normalized spacial score (nSPS) is 23.1. The first-order valence-corrected chi connectivity index (χ1v) is 7.17. The van der Waals surface area contributed by atoms with Crippen LogP contribution in [0.2, 0.25) is 0 Å². The van der Waals surface area contributed by atoms with Crippen molar-refractivity contribution in [2.24, 2.45) is 5.73 Å². The number of halogens is 1. The second kappa shape index (κ2) is 4.78. The second-order valence-corrected chi connectivity index (χ2v) is 6.95. The van der Waals surface area contributed by atoms with Crippen molar-refractivity contribution in [3.8, 4) is 0 Å². The molecule has 1 atom stereocenters. The van der Waals surface area contributed by atoms with E-state index in [2.05, 4.69) is 28.7 Å². The van der Waals surface area contributed by atoms with Crippen LogP contribution < -0.4 is 5.73 Å². The van der Waals surface area contributed by atoms with E-state index in [-0.39, 0.29) is 17.1 Å². The maximum atomic E-state index is 6.26. The van der Waals surface area contributed by atoms with Gasteiger partial charge in [0.05, 0.1) is 17.1 Å². The summed E-state index contributed by atoms with van der Waals surface area (Å²) in [4.78, 5) is 0. The molecule has 0 spiro atoms. The van der Waals surface area contributed by atoms with Crippen molar-refractivity contribution in [1.82, 2.24) is 0 Å². The maximum Gasteiger partial charge on any atom is 0.480 e. The highest BCUT2D eigenvalue weighted by Gasteiger charge is 2.53. The molecule has 0 radical (unpaired) electrons. The molecule has 2 rings (SSSR count). The third-order valence-electron chi connectivity index (χ3n) is 3.80. The van der Waals surface area contributed by atoms with E-state index in [4.69, 9.17) is 15.0 Å². The molecule has 98 valence electrons. The quantitative estimate of drug-likeness (QED) is 0.653. The van der Waals surface area contributed by atoms with Gasteiger partial charge in [0.2, 0.25) is 0 Å². The highest BCUT2D eigenvalue weighted by Crippen LogP contribution is 2.39. The summed E-state index contributed by atoms with van der Waals surface area (Å²) in [5.74, 6) is -0.263.